The maximum absolute atomic E-state index is 11.5. The molecular weight excluding hydrogens is 296 g/mol. The van der Waals surface area contributed by atoms with Crippen LogP contribution in [-0.2, 0) is 0 Å². The first kappa shape index (κ1) is 14.4. The first-order valence-corrected chi connectivity index (χ1v) is 6.36. The summed E-state index contributed by atoms with van der Waals surface area (Å²) in [5.74, 6) is -0.692. The molecule has 2 rings (SSSR count). The lowest BCUT2D eigenvalue weighted by molar-refractivity contribution is 0.0976. The van der Waals surface area contributed by atoms with Gasteiger partial charge in [-0.15, -0.1) is 0 Å². The van der Waals surface area contributed by atoms with Crippen molar-refractivity contribution in [2.24, 2.45) is 0 Å². The predicted molar refractivity (Wildman–Crippen MR) is 80.4 cm³/mol. The minimum absolute atomic E-state index is 0.346. The summed E-state index contributed by atoms with van der Waals surface area (Å²) < 4.78 is 4.46. The number of hydrogen-bond donors (Lipinski definition) is 4. The van der Waals surface area contributed by atoms with E-state index in [0.717, 1.165) is 0 Å². The van der Waals surface area contributed by atoms with Gasteiger partial charge in [0.2, 0.25) is 0 Å². The highest BCUT2D eigenvalue weighted by Crippen LogP contribution is 2.17. The van der Waals surface area contributed by atoms with Crippen molar-refractivity contribution in [3.63, 3.8) is 0 Å². The Morgan fingerprint density at radius 3 is 1.60 bits per heavy atom. The molecule has 0 aromatic carbocycles. The molecule has 0 bridgehead atoms. The van der Waals surface area contributed by atoms with Crippen molar-refractivity contribution < 1.29 is 9.59 Å². The Morgan fingerprint density at radius 1 is 0.850 bits per heavy atom. The van der Waals surface area contributed by atoms with E-state index < -0.39 is 0 Å². The number of aromatic nitrogens is 2. The molecule has 0 unspecified atom stereocenters. The molecule has 2 heterocycles. The number of hydrogen-bond acceptors (Lipinski definition) is 6. The molecule has 2 N–H and O–H groups in total. The van der Waals surface area contributed by atoms with Crippen LogP contribution in [0.3, 0.4) is 0 Å². The van der Waals surface area contributed by atoms with E-state index in [1.807, 2.05) is 0 Å². The van der Waals surface area contributed by atoms with Gasteiger partial charge in [-0.3, -0.25) is 29.0 Å². The van der Waals surface area contributed by atoms with Gasteiger partial charge in [0.05, 0.1) is 11.4 Å². The second-order valence-corrected chi connectivity index (χ2v) is 4.19. The first-order chi connectivity index (χ1) is 9.65. The fourth-order valence-electron chi connectivity index (χ4n) is 1.55. The summed E-state index contributed by atoms with van der Waals surface area (Å²) in [4.78, 5) is 31.3. The van der Waals surface area contributed by atoms with Crippen LogP contribution in [0.2, 0.25) is 0 Å². The fraction of sp³-hybridized carbons (Fsp3) is 0. The second-order valence-electron chi connectivity index (χ2n) is 3.74. The number of pyridine rings is 2. The second kappa shape index (κ2) is 6.40. The van der Waals surface area contributed by atoms with Crippen molar-refractivity contribution in [2.45, 2.75) is 0 Å². The summed E-state index contributed by atoms with van der Waals surface area (Å²) in [6.45, 7) is 0. The minimum Gasteiger partial charge on any atom is -0.299 e. The number of amides is 2. The van der Waals surface area contributed by atoms with E-state index >= 15 is 0 Å². The van der Waals surface area contributed by atoms with E-state index in [1.54, 1.807) is 24.3 Å². The van der Waals surface area contributed by atoms with Crippen molar-refractivity contribution in [3.8, 4) is 11.4 Å². The van der Waals surface area contributed by atoms with Gasteiger partial charge in [-0.2, -0.15) is 0 Å². The number of carbonyl (C=O) groups excluding carboxylic acids is 2. The molecule has 2 aromatic heterocycles. The smallest absolute Gasteiger partial charge is 0.261 e. The van der Waals surface area contributed by atoms with Crippen molar-refractivity contribution in [1.29, 1.82) is 0 Å². The quantitative estimate of drug-likeness (QED) is 0.644. The van der Waals surface area contributed by atoms with Crippen LogP contribution in [0.25, 0.3) is 11.4 Å². The molecule has 0 spiro atoms. The molecule has 0 aliphatic rings. The lowest BCUT2D eigenvalue weighted by Crippen LogP contribution is -2.13. The Labute approximate surface area is 126 Å². The van der Waals surface area contributed by atoms with Gasteiger partial charge in [0.25, 0.3) is 11.8 Å². The monoisotopic (exact) mass is 306 g/mol. The maximum atomic E-state index is 11.5. The Bertz CT molecular complexity index is 606. The first-order valence-electron chi connectivity index (χ1n) is 5.47. The zero-order chi connectivity index (χ0) is 14.5. The summed E-state index contributed by atoms with van der Waals surface area (Å²) in [5, 5.41) is 0. The molecule has 20 heavy (non-hydrogen) atoms. The molecule has 2 amide bonds. The van der Waals surface area contributed by atoms with Crippen molar-refractivity contribution >= 4 is 37.4 Å². The summed E-state index contributed by atoms with van der Waals surface area (Å²) >= 11 is 7.41. The molecule has 8 heteroatoms. The Morgan fingerprint density at radius 2 is 1.25 bits per heavy atom. The average molecular weight is 306 g/mol. The Kier molecular flexibility index (Phi) is 4.59. The molecule has 0 saturated heterocycles. The van der Waals surface area contributed by atoms with Crippen LogP contribution in [0.5, 0.6) is 0 Å². The van der Waals surface area contributed by atoms with Crippen molar-refractivity contribution in [2.75, 3.05) is 0 Å². The SMILES string of the molecule is O=C(NS)c1ccnc(-c2cc(C(=O)NS)ccn2)c1. The van der Waals surface area contributed by atoms with Gasteiger partial charge in [0, 0.05) is 23.5 Å². The van der Waals surface area contributed by atoms with Crippen LogP contribution in [0.1, 0.15) is 20.7 Å². The molecule has 102 valence electrons. The molecule has 2 aromatic rings. The van der Waals surface area contributed by atoms with Crippen LogP contribution in [-0.4, -0.2) is 21.8 Å². The highest BCUT2D eigenvalue weighted by atomic mass is 32.1. The largest absolute Gasteiger partial charge is 0.299 e. The van der Waals surface area contributed by atoms with Crippen LogP contribution in [0.15, 0.2) is 36.7 Å². The lowest BCUT2D eigenvalue weighted by Gasteiger charge is -2.04. The number of nitrogens with one attached hydrogen (secondary N) is 2. The normalized spacial score (nSPS) is 9.90. The van der Waals surface area contributed by atoms with Gasteiger partial charge < -0.3 is 0 Å². The standard InChI is InChI=1S/C12H10N4O2S2/c17-11(15-19)7-1-3-13-9(5-7)10-6-8(2-4-14-10)12(18)16-20/h1-6,19-20H,(H,15,17)(H,16,18). The number of nitrogens with zero attached hydrogens (tertiary/aromatic N) is 2. The van der Waals surface area contributed by atoms with E-state index in [0.29, 0.717) is 22.5 Å². The fourth-order valence-corrected chi connectivity index (χ4v) is 1.81. The number of rotatable bonds is 3. The van der Waals surface area contributed by atoms with E-state index in [9.17, 15) is 9.59 Å². The van der Waals surface area contributed by atoms with Gasteiger partial charge in [-0.25, -0.2) is 0 Å². The summed E-state index contributed by atoms with van der Waals surface area (Å²) in [5.41, 5.74) is 1.76. The summed E-state index contributed by atoms with van der Waals surface area (Å²) in [7, 11) is 0. The maximum Gasteiger partial charge on any atom is 0.261 e. The highest BCUT2D eigenvalue weighted by molar-refractivity contribution is 7.79. The van der Waals surface area contributed by atoms with E-state index in [2.05, 4.69) is 45.0 Å². The third kappa shape index (κ3) is 3.09. The van der Waals surface area contributed by atoms with E-state index in [1.165, 1.54) is 12.4 Å². The molecule has 6 nitrogen and oxygen atoms in total. The van der Waals surface area contributed by atoms with E-state index in [-0.39, 0.29) is 11.8 Å². The molecule has 0 saturated carbocycles. The van der Waals surface area contributed by atoms with Gasteiger partial charge in [0.15, 0.2) is 0 Å². The average Bonchev–Trinajstić information content (AvgIpc) is 2.53. The predicted octanol–water partition coefficient (Wildman–Crippen LogP) is 1.29. The van der Waals surface area contributed by atoms with Crippen molar-refractivity contribution in [1.82, 2.24) is 19.4 Å². The summed E-state index contributed by atoms with van der Waals surface area (Å²) in [6, 6.07) is 6.24. The van der Waals surface area contributed by atoms with Gasteiger partial charge in [-0.1, -0.05) is 25.6 Å². The number of carbonyl (C=O) groups is 2. The zero-order valence-corrected chi connectivity index (χ0v) is 11.9. The molecule has 0 atom stereocenters. The number of thiol groups is 2. The third-order valence-electron chi connectivity index (χ3n) is 2.51. The zero-order valence-electron chi connectivity index (χ0n) is 10.1. The Balaban J connectivity index is 2.41. The third-order valence-corrected chi connectivity index (χ3v) is 2.92. The van der Waals surface area contributed by atoms with Crippen LogP contribution in [0, 0.1) is 0 Å². The Hall–Kier alpha value is -2.06. The molecule has 0 radical (unpaired) electrons. The van der Waals surface area contributed by atoms with Gasteiger partial charge in [-0.05, 0) is 24.3 Å². The van der Waals surface area contributed by atoms with Crippen LogP contribution < -0.4 is 9.44 Å². The van der Waals surface area contributed by atoms with E-state index in [4.69, 9.17) is 0 Å². The lowest BCUT2D eigenvalue weighted by atomic mass is 10.1. The van der Waals surface area contributed by atoms with Crippen molar-refractivity contribution in [3.05, 3.63) is 47.8 Å². The highest BCUT2D eigenvalue weighted by Gasteiger charge is 2.10. The van der Waals surface area contributed by atoms with Gasteiger partial charge >= 0.3 is 0 Å². The molecule has 0 fully saturated rings. The summed E-state index contributed by atoms with van der Waals surface area (Å²) in [6.07, 6.45) is 2.97. The topological polar surface area (TPSA) is 84.0 Å². The van der Waals surface area contributed by atoms with Crippen LogP contribution in [0.4, 0.5) is 0 Å². The molecule has 0 aliphatic heterocycles. The van der Waals surface area contributed by atoms with Gasteiger partial charge in [0.1, 0.15) is 0 Å². The molecule has 0 aliphatic carbocycles. The van der Waals surface area contributed by atoms with Crippen LogP contribution >= 0.6 is 25.6 Å². The molecular formula is C12H10N4O2S2. The minimum atomic E-state index is -0.346.